The largest absolute Gasteiger partial charge is 0.445 e. The topological polar surface area (TPSA) is 127 Å². The average Bonchev–Trinajstić information content (AvgIpc) is 2.95. The Morgan fingerprint density at radius 3 is 2.22 bits per heavy atom. The van der Waals surface area contributed by atoms with Crippen LogP contribution in [0.1, 0.15) is 93.1 Å². The first-order valence-electron chi connectivity index (χ1n) is 15.9. The zero-order valence-corrected chi connectivity index (χ0v) is 28.6. The summed E-state index contributed by atoms with van der Waals surface area (Å²) < 4.78 is 16.6. The maximum Gasteiger partial charge on any atom is 0.434 e. The average molecular weight is 635 g/mol. The van der Waals surface area contributed by atoms with Crippen LogP contribution in [-0.2, 0) is 30.4 Å². The molecule has 3 atom stereocenters. The summed E-state index contributed by atoms with van der Waals surface area (Å²) in [6.45, 7) is 15.3. The van der Waals surface area contributed by atoms with Gasteiger partial charge in [0.2, 0.25) is 5.91 Å². The van der Waals surface area contributed by atoms with Crippen LogP contribution >= 0.6 is 0 Å². The van der Waals surface area contributed by atoms with Gasteiger partial charge in [-0.3, -0.25) is 14.5 Å². The lowest BCUT2D eigenvalue weighted by Gasteiger charge is -2.42. The molecule has 254 valence electrons. The maximum atomic E-state index is 13.5. The van der Waals surface area contributed by atoms with E-state index in [0.717, 1.165) is 18.4 Å². The summed E-state index contributed by atoms with van der Waals surface area (Å²) in [5.74, 6) is -0.336. The fraction of sp³-hybridized carbons (Fsp3) is 0.697. The lowest BCUT2D eigenvalue weighted by Crippen LogP contribution is -2.60. The number of hydrogen-bond acceptors (Lipinski definition) is 8. The highest BCUT2D eigenvalue weighted by Crippen LogP contribution is 2.26. The minimum absolute atomic E-state index is 0.0305. The molecule has 1 saturated heterocycles. The number of piperidine rings is 1. The van der Waals surface area contributed by atoms with Crippen LogP contribution in [0.5, 0.6) is 0 Å². The molecule has 1 aromatic rings. The van der Waals surface area contributed by atoms with E-state index in [-0.39, 0.29) is 31.5 Å². The third-order valence-electron chi connectivity index (χ3n) is 6.92. The molecule has 0 aliphatic carbocycles. The lowest BCUT2D eigenvalue weighted by atomic mass is 9.97. The number of hydrogen-bond donors (Lipinski definition) is 1. The number of carbonyl (C=O) groups is 4. The number of nitrogens with one attached hydrogen (secondary N) is 1. The normalized spacial score (nSPS) is 17.6. The Hall–Kier alpha value is -3.54. The summed E-state index contributed by atoms with van der Waals surface area (Å²) in [5.41, 5.74) is -0.639. The summed E-state index contributed by atoms with van der Waals surface area (Å²) in [6.07, 6.45) is 1.03. The van der Waals surface area contributed by atoms with E-state index in [2.05, 4.69) is 5.32 Å². The molecule has 0 saturated carbocycles. The molecule has 12 heteroatoms. The molecule has 2 unspecified atom stereocenters. The van der Waals surface area contributed by atoms with E-state index in [9.17, 15) is 19.2 Å². The van der Waals surface area contributed by atoms with E-state index in [0.29, 0.717) is 26.0 Å². The molecule has 12 nitrogen and oxygen atoms in total. The molecular formula is C33H54N4O8. The molecule has 0 spiro atoms. The van der Waals surface area contributed by atoms with E-state index >= 15 is 0 Å². The highest BCUT2D eigenvalue weighted by molar-refractivity contribution is 5.86. The Balaban J connectivity index is 2.07. The number of nitrogens with zero attached hydrogens (tertiary/aromatic N) is 3. The molecule has 1 heterocycles. The summed E-state index contributed by atoms with van der Waals surface area (Å²) in [6, 6.07) is 7.77. The van der Waals surface area contributed by atoms with Crippen LogP contribution in [0.2, 0.25) is 0 Å². The smallest absolute Gasteiger partial charge is 0.434 e. The second kappa shape index (κ2) is 17.2. The zero-order chi connectivity index (χ0) is 33.8. The summed E-state index contributed by atoms with van der Waals surface area (Å²) in [7, 11) is 1.65. The monoisotopic (exact) mass is 634 g/mol. The fourth-order valence-corrected chi connectivity index (χ4v) is 4.58. The number of ether oxygens (including phenoxy) is 3. The van der Waals surface area contributed by atoms with Gasteiger partial charge >= 0.3 is 18.3 Å². The van der Waals surface area contributed by atoms with Crippen LogP contribution < -0.4 is 5.32 Å². The Bertz CT molecular complexity index is 1100. The second-order valence-corrected chi connectivity index (χ2v) is 13.5. The van der Waals surface area contributed by atoms with Crippen molar-refractivity contribution < 1.29 is 38.2 Å². The zero-order valence-electron chi connectivity index (χ0n) is 28.6. The van der Waals surface area contributed by atoms with E-state index < -0.39 is 41.6 Å². The quantitative estimate of drug-likeness (QED) is 0.171. The van der Waals surface area contributed by atoms with Gasteiger partial charge < -0.3 is 24.4 Å². The van der Waals surface area contributed by atoms with Crippen molar-refractivity contribution in [1.29, 1.82) is 0 Å². The maximum absolute atomic E-state index is 13.5. The van der Waals surface area contributed by atoms with Crippen molar-refractivity contribution in [3.05, 3.63) is 35.9 Å². The molecule has 4 amide bonds. The molecule has 0 aromatic heterocycles. The van der Waals surface area contributed by atoms with Crippen LogP contribution in [0.4, 0.5) is 14.4 Å². The van der Waals surface area contributed by atoms with Gasteiger partial charge in [-0.05, 0) is 79.7 Å². The first-order valence-corrected chi connectivity index (χ1v) is 15.9. The molecule has 0 radical (unpaired) electrons. The Labute approximate surface area is 268 Å². The van der Waals surface area contributed by atoms with E-state index in [4.69, 9.17) is 19.0 Å². The molecular weight excluding hydrogens is 580 g/mol. The SMILES string of the molecule is CCCCON(C(=O)OC(C)(C)C)C1CCC(C(=O)N[C@H](C)CCN(C)C(=O)OCc2ccccc2)N(C(=O)OC(C)(C)C)C1. The van der Waals surface area contributed by atoms with Crippen molar-refractivity contribution >= 4 is 24.2 Å². The van der Waals surface area contributed by atoms with Gasteiger partial charge in [-0.15, -0.1) is 0 Å². The standard InChI is InChI=1S/C33H54N4O8/c1-10-11-21-43-37(31(41)45-33(6,7)8)26-17-18-27(36(22-26)30(40)44-32(3,4)5)28(38)34-24(2)19-20-35(9)29(39)42-23-25-15-13-12-14-16-25/h12-16,24,26-27H,10-11,17-23H2,1-9H3,(H,34,38)/t24-,26?,27?/m1/s1. The molecule has 2 rings (SSSR count). The van der Waals surface area contributed by atoms with Gasteiger partial charge in [0.15, 0.2) is 0 Å². The van der Waals surface area contributed by atoms with E-state index in [1.54, 1.807) is 48.6 Å². The highest BCUT2D eigenvalue weighted by Gasteiger charge is 2.42. The van der Waals surface area contributed by atoms with Crippen molar-refractivity contribution in [2.75, 3.05) is 26.7 Å². The molecule has 1 aliphatic heterocycles. The summed E-state index contributed by atoms with van der Waals surface area (Å²) in [4.78, 5) is 61.2. The van der Waals surface area contributed by atoms with Crippen molar-refractivity contribution in [3.8, 4) is 0 Å². The van der Waals surface area contributed by atoms with Gasteiger partial charge in [0, 0.05) is 26.2 Å². The van der Waals surface area contributed by atoms with Crippen LogP contribution in [-0.4, -0.2) is 95.1 Å². The van der Waals surface area contributed by atoms with Crippen LogP contribution in [0, 0.1) is 0 Å². The first kappa shape index (κ1) is 37.6. The van der Waals surface area contributed by atoms with E-state index in [1.165, 1.54) is 14.9 Å². The van der Waals surface area contributed by atoms with Crippen LogP contribution in [0.25, 0.3) is 0 Å². The van der Waals surface area contributed by atoms with Gasteiger partial charge in [-0.1, -0.05) is 43.7 Å². The second-order valence-electron chi connectivity index (χ2n) is 13.5. The molecule has 1 fully saturated rings. The minimum atomic E-state index is -0.816. The van der Waals surface area contributed by atoms with Gasteiger partial charge in [-0.25, -0.2) is 14.4 Å². The lowest BCUT2D eigenvalue weighted by molar-refractivity contribution is -0.182. The van der Waals surface area contributed by atoms with Gasteiger partial charge in [-0.2, -0.15) is 5.06 Å². The molecule has 45 heavy (non-hydrogen) atoms. The fourth-order valence-electron chi connectivity index (χ4n) is 4.58. The molecule has 1 N–H and O–H groups in total. The number of amides is 4. The van der Waals surface area contributed by atoms with Crippen molar-refractivity contribution in [2.24, 2.45) is 0 Å². The predicted octanol–water partition coefficient (Wildman–Crippen LogP) is 5.89. The molecule has 1 aliphatic rings. The van der Waals surface area contributed by atoms with Crippen molar-refractivity contribution in [1.82, 2.24) is 20.2 Å². The molecule has 0 bridgehead atoms. The Morgan fingerprint density at radius 1 is 0.978 bits per heavy atom. The number of carbonyl (C=O) groups excluding carboxylic acids is 4. The highest BCUT2D eigenvalue weighted by atomic mass is 16.7. The number of benzene rings is 1. The molecule has 1 aromatic carbocycles. The number of rotatable bonds is 12. The van der Waals surface area contributed by atoms with Crippen molar-refractivity contribution in [2.45, 2.75) is 123 Å². The Kier molecular flexibility index (Phi) is 14.4. The van der Waals surface area contributed by atoms with Gasteiger partial charge in [0.1, 0.15) is 23.9 Å². The third-order valence-corrected chi connectivity index (χ3v) is 6.92. The summed E-state index contributed by atoms with van der Waals surface area (Å²) >= 11 is 0. The third kappa shape index (κ3) is 13.5. The van der Waals surface area contributed by atoms with Gasteiger partial charge in [0.25, 0.3) is 0 Å². The van der Waals surface area contributed by atoms with Crippen molar-refractivity contribution in [3.63, 3.8) is 0 Å². The van der Waals surface area contributed by atoms with E-state index in [1.807, 2.05) is 44.2 Å². The van der Waals surface area contributed by atoms with Gasteiger partial charge in [0.05, 0.1) is 12.6 Å². The number of hydroxylamine groups is 2. The van der Waals surface area contributed by atoms with Crippen LogP contribution in [0.3, 0.4) is 0 Å². The first-order chi connectivity index (χ1) is 21.0. The Morgan fingerprint density at radius 2 is 1.62 bits per heavy atom. The van der Waals surface area contributed by atoms with Crippen LogP contribution in [0.15, 0.2) is 30.3 Å². The minimum Gasteiger partial charge on any atom is -0.445 e. The number of likely N-dealkylation sites (tertiary alicyclic amines) is 1. The predicted molar refractivity (Wildman–Crippen MR) is 170 cm³/mol. The number of unbranched alkanes of at least 4 members (excludes halogenated alkanes) is 1. The summed E-state index contributed by atoms with van der Waals surface area (Å²) in [5, 5.41) is 4.20.